The van der Waals surface area contributed by atoms with Crippen molar-refractivity contribution in [3.63, 3.8) is 0 Å². The third-order valence-electron chi connectivity index (χ3n) is 5.00. The van der Waals surface area contributed by atoms with Gasteiger partial charge in [0.25, 0.3) is 5.91 Å². The first-order chi connectivity index (χ1) is 11.6. The van der Waals surface area contributed by atoms with Gasteiger partial charge in [0.15, 0.2) is 0 Å². The first kappa shape index (κ1) is 16.7. The van der Waals surface area contributed by atoms with Crippen LogP contribution in [0.5, 0.6) is 0 Å². The van der Waals surface area contributed by atoms with E-state index in [2.05, 4.69) is 17.3 Å². The third-order valence-corrected chi connectivity index (χ3v) is 5.00. The van der Waals surface area contributed by atoms with E-state index in [1.165, 1.54) is 6.07 Å². The molecule has 1 N–H and O–H groups in total. The molecule has 1 fully saturated rings. The second kappa shape index (κ2) is 7.14. The van der Waals surface area contributed by atoms with Crippen LogP contribution in [0, 0.1) is 5.82 Å². The van der Waals surface area contributed by atoms with E-state index in [9.17, 15) is 9.18 Å². The van der Waals surface area contributed by atoms with E-state index in [-0.39, 0.29) is 17.1 Å². The minimum atomic E-state index is -0.222. The van der Waals surface area contributed by atoms with Crippen LogP contribution in [0.2, 0.25) is 0 Å². The molecule has 0 unspecified atom stereocenters. The van der Waals surface area contributed by atoms with E-state index in [0.29, 0.717) is 12.1 Å². The van der Waals surface area contributed by atoms with Gasteiger partial charge in [-0.15, -0.1) is 0 Å². The van der Waals surface area contributed by atoms with Gasteiger partial charge in [-0.25, -0.2) is 4.39 Å². The molecule has 126 valence electrons. The van der Waals surface area contributed by atoms with Crippen LogP contribution in [0.1, 0.15) is 28.8 Å². The van der Waals surface area contributed by atoms with Crippen LogP contribution in [0.25, 0.3) is 0 Å². The zero-order valence-corrected chi connectivity index (χ0v) is 14.0. The van der Waals surface area contributed by atoms with Crippen molar-refractivity contribution in [2.75, 3.05) is 26.7 Å². The molecule has 2 aromatic carbocycles. The summed E-state index contributed by atoms with van der Waals surface area (Å²) in [5, 5.41) is 3.06. The summed E-state index contributed by atoms with van der Waals surface area (Å²) in [5.74, 6) is -0.300. The maximum atomic E-state index is 13.7. The normalized spacial score (nSPS) is 17.4. The van der Waals surface area contributed by atoms with Crippen LogP contribution in [0.4, 0.5) is 4.39 Å². The number of nitrogens with zero attached hydrogens (tertiary/aromatic N) is 1. The fraction of sp³-hybridized carbons (Fsp3) is 0.350. The molecule has 0 atom stereocenters. The lowest BCUT2D eigenvalue weighted by Gasteiger charge is -2.41. The number of piperidine rings is 1. The molecule has 3 rings (SSSR count). The molecule has 0 spiro atoms. The van der Waals surface area contributed by atoms with Gasteiger partial charge in [-0.3, -0.25) is 4.79 Å². The van der Waals surface area contributed by atoms with Crippen molar-refractivity contribution < 1.29 is 9.18 Å². The van der Waals surface area contributed by atoms with Gasteiger partial charge in [-0.05, 0) is 62.8 Å². The fourth-order valence-corrected chi connectivity index (χ4v) is 3.37. The maximum absolute atomic E-state index is 13.7. The van der Waals surface area contributed by atoms with Gasteiger partial charge >= 0.3 is 0 Å². The van der Waals surface area contributed by atoms with Crippen LogP contribution in [-0.2, 0) is 5.41 Å². The molecule has 1 aliphatic rings. The molecule has 1 saturated heterocycles. The Kier molecular flexibility index (Phi) is 4.95. The summed E-state index contributed by atoms with van der Waals surface area (Å²) >= 11 is 0. The van der Waals surface area contributed by atoms with Crippen LogP contribution in [0.15, 0.2) is 54.6 Å². The van der Waals surface area contributed by atoms with Crippen molar-refractivity contribution in [3.8, 4) is 0 Å². The molecule has 1 aliphatic heterocycles. The van der Waals surface area contributed by atoms with Crippen LogP contribution < -0.4 is 5.32 Å². The van der Waals surface area contributed by atoms with Gasteiger partial charge in [-0.2, -0.15) is 0 Å². The summed E-state index contributed by atoms with van der Waals surface area (Å²) in [7, 11) is 2.10. The van der Waals surface area contributed by atoms with Gasteiger partial charge in [-0.1, -0.05) is 30.3 Å². The molecular formula is C20H23FN2O. The van der Waals surface area contributed by atoms with E-state index < -0.39 is 0 Å². The quantitative estimate of drug-likeness (QED) is 0.936. The highest BCUT2D eigenvalue weighted by atomic mass is 19.1. The highest BCUT2D eigenvalue weighted by Crippen LogP contribution is 2.35. The number of hydrogen-bond donors (Lipinski definition) is 1. The van der Waals surface area contributed by atoms with Crippen molar-refractivity contribution in [2.45, 2.75) is 18.3 Å². The van der Waals surface area contributed by atoms with Gasteiger partial charge < -0.3 is 10.2 Å². The van der Waals surface area contributed by atoms with Gasteiger partial charge in [0.1, 0.15) is 5.82 Å². The second-order valence-electron chi connectivity index (χ2n) is 6.64. The molecule has 0 aliphatic carbocycles. The summed E-state index contributed by atoms with van der Waals surface area (Å²) in [4.78, 5) is 14.7. The molecule has 1 heterocycles. The van der Waals surface area contributed by atoms with E-state index in [0.717, 1.165) is 31.5 Å². The summed E-state index contributed by atoms with van der Waals surface area (Å²) < 4.78 is 13.7. The summed E-state index contributed by atoms with van der Waals surface area (Å²) in [5.41, 5.74) is 1.42. The lowest BCUT2D eigenvalue weighted by molar-refractivity contribution is 0.0928. The number of hydrogen-bond acceptors (Lipinski definition) is 2. The Balaban J connectivity index is 1.79. The molecule has 1 amide bonds. The highest BCUT2D eigenvalue weighted by Gasteiger charge is 2.36. The standard InChI is InChI=1S/C20H23FN2O/c1-23-12-10-20(11-13-23,17-8-5-9-18(21)14-17)15-22-19(24)16-6-3-2-4-7-16/h2-9,14H,10-13,15H2,1H3,(H,22,24). The number of rotatable bonds is 4. The van der Waals surface area contributed by atoms with Crippen LogP contribution >= 0.6 is 0 Å². The number of halogens is 1. The molecule has 0 saturated carbocycles. The van der Waals surface area contributed by atoms with Gasteiger partial charge in [0.05, 0.1) is 0 Å². The Labute approximate surface area is 142 Å². The number of benzene rings is 2. The Bertz CT molecular complexity index is 694. The molecule has 24 heavy (non-hydrogen) atoms. The Hall–Kier alpha value is -2.20. The zero-order valence-electron chi connectivity index (χ0n) is 14.0. The lowest BCUT2D eigenvalue weighted by atomic mass is 9.72. The maximum Gasteiger partial charge on any atom is 0.251 e. The zero-order chi connectivity index (χ0) is 17.0. The fourth-order valence-electron chi connectivity index (χ4n) is 3.37. The van der Waals surface area contributed by atoms with Crippen molar-refractivity contribution in [1.82, 2.24) is 10.2 Å². The minimum absolute atomic E-state index is 0.0784. The Morgan fingerprint density at radius 1 is 1.12 bits per heavy atom. The molecule has 0 aromatic heterocycles. The number of carbonyl (C=O) groups is 1. The third kappa shape index (κ3) is 3.65. The van der Waals surface area contributed by atoms with Crippen molar-refractivity contribution in [1.29, 1.82) is 0 Å². The SMILES string of the molecule is CN1CCC(CNC(=O)c2ccccc2)(c2cccc(F)c2)CC1. The lowest BCUT2D eigenvalue weighted by Crippen LogP contribution is -2.48. The minimum Gasteiger partial charge on any atom is -0.351 e. The molecule has 0 bridgehead atoms. The van der Waals surface area contributed by atoms with E-state index in [1.807, 2.05) is 24.3 Å². The Morgan fingerprint density at radius 2 is 1.83 bits per heavy atom. The largest absolute Gasteiger partial charge is 0.351 e. The Morgan fingerprint density at radius 3 is 2.50 bits per heavy atom. The average molecular weight is 326 g/mol. The van der Waals surface area contributed by atoms with Crippen molar-refractivity contribution in [3.05, 3.63) is 71.5 Å². The van der Waals surface area contributed by atoms with E-state index in [1.54, 1.807) is 24.3 Å². The second-order valence-corrected chi connectivity index (χ2v) is 6.64. The van der Waals surface area contributed by atoms with Crippen molar-refractivity contribution in [2.24, 2.45) is 0 Å². The molecule has 2 aromatic rings. The van der Waals surface area contributed by atoms with Crippen LogP contribution in [-0.4, -0.2) is 37.5 Å². The number of carbonyl (C=O) groups excluding carboxylic acids is 1. The number of nitrogens with one attached hydrogen (secondary N) is 1. The molecule has 3 nitrogen and oxygen atoms in total. The van der Waals surface area contributed by atoms with Crippen molar-refractivity contribution >= 4 is 5.91 Å². The van der Waals surface area contributed by atoms with E-state index >= 15 is 0 Å². The first-order valence-corrected chi connectivity index (χ1v) is 8.37. The van der Waals surface area contributed by atoms with Crippen LogP contribution in [0.3, 0.4) is 0 Å². The molecule has 4 heteroatoms. The summed E-state index contributed by atoms with van der Waals surface area (Å²) in [6.45, 7) is 2.41. The number of likely N-dealkylation sites (tertiary alicyclic amines) is 1. The smallest absolute Gasteiger partial charge is 0.251 e. The van der Waals surface area contributed by atoms with Gasteiger partial charge in [0, 0.05) is 17.5 Å². The molecule has 0 radical (unpaired) electrons. The predicted octanol–water partition coefficient (Wildman–Crippen LogP) is 3.22. The van der Waals surface area contributed by atoms with Gasteiger partial charge in [0.2, 0.25) is 0 Å². The summed E-state index contributed by atoms with van der Waals surface area (Å²) in [6.07, 6.45) is 1.81. The highest BCUT2D eigenvalue weighted by molar-refractivity contribution is 5.94. The van der Waals surface area contributed by atoms with E-state index in [4.69, 9.17) is 0 Å². The molecular weight excluding hydrogens is 303 g/mol. The first-order valence-electron chi connectivity index (χ1n) is 8.37. The number of amides is 1. The predicted molar refractivity (Wildman–Crippen MR) is 93.6 cm³/mol. The monoisotopic (exact) mass is 326 g/mol. The topological polar surface area (TPSA) is 32.3 Å². The average Bonchev–Trinajstić information content (AvgIpc) is 2.62. The summed E-state index contributed by atoms with van der Waals surface area (Å²) in [6, 6.07) is 16.0.